The molecular formula is C8H14OS2. The van der Waals surface area contributed by atoms with Crippen molar-refractivity contribution in [2.45, 2.75) is 26.7 Å². The van der Waals surface area contributed by atoms with Gasteiger partial charge in [0.05, 0.1) is 0 Å². The molecule has 0 radical (unpaired) electrons. The van der Waals surface area contributed by atoms with Gasteiger partial charge in [-0.25, -0.2) is 3.63 Å². The fourth-order valence-corrected chi connectivity index (χ4v) is 1.37. The summed E-state index contributed by atoms with van der Waals surface area (Å²) in [5, 5.41) is 0. The SMILES string of the molecule is C=C(CC)SOSC(=C)CC. The third-order valence-corrected chi connectivity index (χ3v) is 2.69. The van der Waals surface area contributed by atoms with E-state index in [1.54, 1.807) is 0 Å². The minimum atomic E-state index is 0.948. The maximum absolute atomic E-state index is 5.17. The van der Waals surface area contributed by atoms with Crippen LogP contribution in [0.4, 0.5) is 0 Å². The topological polar surface area (TPSA) is 9.23 Å². The Morgan fingerprint density at radius 1 is 1.09 bits per heavy atom. The number of hydrogen-bond donors (Lipinski definition) is 0. The second-order valence-corrected chi connectivity index (χ2v) is 4.05. The highest BCUT2D eigenvalue weighted by atomic mass is 32.2. The van der Waals surface area contributed by atoms with Gasteiger partial charge < -0.3 is 0 Å². The molecule has 64 valence electrons. The maximum atomic E-state index is 5.17. The van der Waals surface area contributed by atoms with E-state index in [2.05, 4.69) is 27.0 Å². The predicted octanol–water partition coefficient (Wildman–Crippen LogP) is 4.15. The first-order chi connectivity index (χ1) is 5.20. The normalized spacial score (nSPS) is 9.64. The van der Waals surface area contributed by atoms with Crippen molar-refractivity contribution in [1.82, 2.24) is 0 Å². The monoisotopic (exact) mass is 190 g/mol. The first-order valence-electron chi connectivity index (χ1n) is 3.57. The van der Waals surface area contributed by atoms with Crippen molar-refractivity contribution in [2.24, 2.45) is 0 Å². The van der Waals surface area contributed by atoms with E-state index in [1.807, 2.05) is 0 Å². The molecule has 0 atom stereocenters. The van der Waals surface area contributed by atoms with Crippen LogP contribution < -0.4 is 0 Å². The lowest BCUT2D eigenvalue weighted by atomic mass is 10.5. The second-order valence-electron chi connectivity index (χ2n) is 2.02. The highest BCUT2D eigenvalue weighted by Crippen LogP contribution is 2.28. The molecule has 0 N–H and O–H groups in total. The summed E-state index contributed by atoms with van der Waals surface area (Å²) in [6.45, 7) is 11.7. The van der Waals surface area contributed by atoms with Crippen LogP contribution in [0.1, 0.15) is 26.7 Å². The third-order valence-electron chi connectivity index (χ3n) is 1.09. The summed E-state index contributed by atoms with van der Waals surface area (Å²) in [6.07, 6.45) is 1.90. The molecule has 0 aliphatic rings. The molecule has 0 saturated carbocycles. The lowest BCUT2D eigenvalue weighted by molar-refractivity contribution is 0.765. The molecule has 0 aromatic heterocycles. The van der Waals surface area contributed by atoms with E-state index in [0.29, 0.717) is 0 Å². The van der Waals surface area contributed by atoms with Crippen molar-refractivity contribution in [1.29, 1.82) is 0 Å². The van der Waals surface area contributed by atoms with Gasteiger partial charge in [0, 0.05) is 33.9 Å². The molecule has 0 fully saturated rings. The second kappa shape index (κ2) is 6.83. The van der Waals surface area contributed by atoms with E-state index >= 15 is 0 Å². The van der Waals surface area contributed by atoms with Crippen molar-refractivity contribution < 1.29 is 3.63 Å². The molecule has 0 rings (SSSR count). The van der Waals surface area contributed by atoms with Gasteiger partial charge in [-0.05, 0) is 12.8 Å². The first-order valence-corrected chi connectivity index (χ1v) is 5.05. The van der Waals surface area contributed by atoms with Gasteiger partial charge in [0.1, 0.15) is 0 Å². The van der Waals surface area contributed by atoms with Gasteiger partial charge in [0.25, 0.3) is 0 Å². The Morgan fingerprint density at radius 2 is 1.45 bits per heavy atom. The fraction of sp³-hybridized carbons (Fsp3) is 0.500. The summed E-state index contributed by atoms with van der Waals surface area (Å²) in [4.78, 5) is 2.09. The highest BCUT2D eigenvalue weighted by Gasteiger charge is 1.95. The van der Waals surface area contributed by atoms with Crippen molar-refractivity contribution in [3.8, 4) is 0 Å². The summed E-state index contributed by atoms with van der Waals surface area (Å²) in [5.41, 5.74) is 0. The zero-order chi connectivity index (χ0) is 8.69. The molecule has 0 saturated heterocycles. The van der Waals surface area contributed by atoms with Crippen LogP contribution in [0.5, 0.6) is 0 Å². The highest BCUT2D eigenvalue weighted by molar-refractivity contribution is 8.11. The Morgan fingerprint density at radius 3 is 1.73 bits per heavy atom. The molecule has 0 unspecified atom stereocenters. The summed E-state index contributed by atoms with van der Waals surface area (Å²) in [5.74, 6) is 0. The maximum Gasteiger partial charge on any atom is 0.0396 e. The Hall–Kier alpha value is 0.140. The van der Waals surface area contributed by atoms with Gasteiger partial charge in [0.2, 0.25) is 0 Å². The Balaban J connectivity index is 3.27. The van der Waals surface area contributed by atoms with Crippen LogP contribution in [0.25, 0.3) is 0 Å². The largest absolute Gasteiger partial charge is 0.238 e. The Bertz CT molecular complexity index is 127. The minimum absolute atomic E-state index is 0.948. The number of hydrogen-bond acceptors (Lipinski definition) is 3. The molecule has 0 aromatic rings. The van der Waals surface area contributed by atoms with Crippen LogP contribution in [-0.2, 0) is 3.63 Å². The smallest absolute Gasteiger partial charge is 0.0396 e. The zero-order valence-corrected chi connectivity index (χ0v) is 8.69. The average molecular weight is 190 g/mol. The van der Waals surface area contributed by atoms with Gasteiger partial charge in [-0.1, -0.05) is 27.0 Å². The molecule has 1 nitrogen and oxygen atoms in total. The standard InChI is InChI=1S/C8H14OS2/c1-5-7(3)10-9-11-8(4)6-2/h3-6H2,1-2H3. The first kappa shape index (κ1) is 11.1. The van der Waals surface area contributed by atoms with E-state index in [-0.39, 0.29) is 0 Å². The third kappa shape index (κ3) is 6.53. The fourth-order valence-electron chi connectivity index (χ4n) is 0.231. The molecule has 0 aliphatic heterocycles. The van der Waals surface area contributed by atoms with E-state index < -0.39 is 0 Å². The number of rotatable bonds is 6. The van der Waals surface area contributed by atoms with Crippen molar-refractivity contribution in [2.75, 3.05) is 0 Å². The van der Waals surface area contributed by atoms with Crippen LogP contribution >= 0.6 is 24.1 Å². The average Bonchev–Trinajstić information content (AvgIpc) is 2.04. The molecule has 0 bridgehead atoms. The van der Waals surface area contributed by atoms with E-state index in [1.165, 1.54) is 24.1 Å². The van der Waals surface area contributed by atoms with E-state index in [0.717, 1.165) is 22.7 Å². The summed E-state index contributed by atoms with van der Waals surface area (Å²) in [6, 6.07) is 0. The molecule has 0 spiro atoms. The zero-order valence-electron chi connectivity index (χ0n) is 7.05. The van der Waals surface area contributed by atoms with Crippen molar-refractivity contribution >= 4 is 24.1 Å². The number of allylic oxidation sites excluding steroid dienone is 2. The van der Waals surface area contributed by atoms with Crippen LogP contribution in [0, 0.1) is 0 Å². The van der Waals surface area contributed by atoms with Gasteiger partial charge in [-0.15, -0.1) is 0 Å². The predicted molar refractivity (Wildman–Crippen MR) is 55.1 cm³/mol. The van der Waals surface area contributed by atoms with E-state index in [4.69, 9.17) is 3.63 Å². The van der Waals surface area contributed by atoms with Crippen LogP contribution in [-0.4, -0.2) is 0 Å². The lowest BCUT2D eigenvalue weighted by Crippen LogP contribution is -1.72. The summed E-state index contributed by atoms with van der Waals surface area (Å²) < 4.78 is 5.17. The van der Waals surface area contributed by atoms with Crippen LogP contribution in [0.2, 0.25) is 0 Å². The molecule has 3 heteroatoms. The molecule has 0 amide bonds. The van der Waals surface area contributed by atoms with Crippen molar-refractivity contribution in [3.05, 3.63) is 23.0 Å². The summed E-state index contributed by atoms with van der Waals surface area (Å²) >= 11 is 2.66. The molecular weight excluding hydrogens is 176 g/mol. The van der Waals surface area contributed by atoms with Crippen LogP contribution in [0.15, 0.2) is 23.0 Å². The van der Waals surface area contributed by atoms with Crippen LogP contribution in [0.3, 0.4) is 0 Å². The minimum Gasteiger partial charge on any atom is -0.238 e. The summed E-state index contributed by atoms with van der Waals surface area (Å²) in [7, 11) is 0. The van der Waals surface area contributed by atoms with Gasteiger partial charge in [0.15, 0.2) is 0 Å². The molecule has 11 heavy (non-hydrogen) atoms. The molecule has 0 aliphatic carbocycles. The van der Waals surface area contributed by atoms with Gasteiger partial charge >= 0.3 is 0 Å². The quantitative estimate of drug-likeness (QED) is 0.582. The van der Waals surface area contributed by atoms with Crippen molar-refractivity contribution in [3.63, 3.8) is 0 Å². The molecule has 0 aromatic carbocycles. The molecule has 0 heterocycles. The van der Waals surface area contributed by atoms with Gasteiger partial charge in [-0.2, -0.15) is 0 Å². The van der Waals surface area contributed by atoms with Gasteiger partial charge in [-0.3, -0.25) is 0 Å². The lowest BCUT2D eigenvalue weighted by Gasteiger charge is -2.01. The van der Waals surface area contributed by atoms with E-state index in [9.17, 15) is 0 Å². The Labute approximate surface area is 77.7 Å². The Kier molecular flexibility index (Phi) is 6.91.